The van der Waals surface area contributed by atoms with Crippen molar-refractivity contribution in [2.45, 2.75) is 6.18 Å². The van der Waals surface area contributed by atoms with Gasteiger partial charge in [0.05, 0.1) is 12.1 Å². The summed E-state index contributed by atoms with van der Waals surface area (Å²) in [5.74, 6) is 0. The van der Waals surface area contributed by atoms with Crippen LogP contribution in [0.2, 0.25) is 0 Å². The van der Waals surface area contributed by atoms with E-state index in [4.69, 9.17) is 5.11 Å². The fourth-order valence-electron chi connectivity index (χ4n) is 1.89. The van der Waals surface area contributed by atoms with Crippen LogP contribution in [-0.4, -0.2) is 30.3 Å². The molecule has 0 aliphatic carbocycles. The highest BCUT2D eigenvalue weighted by Gasteiger charge is 2.33. The second-order valence-corrected chi connectivity index (χ2v) is 4.19. The van der Waals surface area contributed by atoms with Gasteiger partial charge in [-0.15, -0.1) is 0 Å². The summed E-state index contributed by atoms with van der Waals surface area (Å²) in [6.45, 7) is 0.125. The molecule has 0 spiro atoms. The molecule has 0 aliphatic rings. The molecule has 1 aromatic carbocycles. The summed E-state index contributed by atoms with van der Waals surface area (Å²) >= 11 is 0. The number of halogens is 3. The van der Waals surface area contributed by atoms with E-state index in [0.29, 0.717) is 11.1 Å². The molecule has 0 unspecified atom stereocenters. The van der Waals surface area contributed by atoms with E-state index in [9.17, 15) is 13.2 Å². The summed E-state index contributed by atoms with van der Waals surface area (Å²) in [5.41, 5.74) is -0.227. The van der Waals surface area contributed by atoms with Gasteiger partial charge >= 0.3 is 6.18 Å². The third kappa shape index (κ3) is 2.78. The minimum atomic E-state index is -4.49. The number of likely N-dealkylation sites (N-methyl/N-ethyl adjacent to an activating group) is 1. The lowest BCUT2D eigenvalue weighted by atomic mass is 10.1. The number of aromatic nitrogens is 1. The normalized spacial score (nSPS) is 11.8. The van der Waals surface area contributed by atoms with Gasteiger partial charge in [0.15, 0.2) is 0 Å². The van der Waals surface area contributed by atoms with Crippen molar-refractivity contribution in [1.29, 1.82) is 0 Å². The molecule has 0 radical (unpaired) electrons. The summed E-state index contributed by atoms with van der Waals surface area (Å²) in [5, 5.41) is 9.55. The molecule has 1 N–H and O–H groups in total. The van der Waals surface area contributed by atoms with Crippen LogP contribution < -0.4 is 4.90 Å². The maximum Gasteiger partial charge on any atom is 0.433 e. The number of aliphatic hydroxyl groups excluding tert-OH is 1. The van der Waals surface area contributed by atoms with Crippen molar-refractivity contribution in [3.05, 3.63) is 36.0 Å². The lowest BCUT2D eigenvalue weighted by Crippen LogP contribution is -2.22. The summed E-state index contributed by atoms with van der Waals surface area (Å²) in [6.07, 6.45) is -4.49. The van der Waals surface area contributed by atoms with Crippen LogP contribution in [0.3, 0.4) is 0 Å². The minimum absolute atomic E-state index is 0.130. The van der Waals surface area contributed by atoms with Crippen LogP contribution in [-0.2, 0) is 6.18 Å². The Morgan fingerprint density at radius 1 is 1.26 bits per heavy atom. The van der Waals surface area contributed by atoms with Crippen LogP contribution in [0.15, 0.2) is 30.3 Å². The van der Waals surface area contributed by atoms with E-state index >= 15 is 0 Å². The number of hydrogen-bond acceptors (Lipinski definition) is 3. The van der Waals surface area contributed by atoms with E-state index in [1.165, 1.54) is 0 Å². The van der Waals surface area contributed by atoms with Crippen molar-refractivity contribution in [2.24, 2.45) is 0 Å². The average Bonchev–Trinajstić information content (AvgIpc) is 2.36. The number of hydrogen-bond donors (Lipinski definition) is 1. The van der Waals surface area contributed by atoms with E-state index < -0.39 is 11.9 Å². The predicted octanol–water partition coefficient (Wildman–Crippen LogP) is 2.68. The lowest BCUT2D eigenvalue weighted by molar-refractivity contribution is -0.140. The van der Waals surface area contributed by atoms with Crippen molar-refractivity contribution in [1.82, 2.24) is 4.98 Å². The zero-order valence-corrected chi connectivity index (χ0v) is 10.3. The summed E-state index contributed by atoms with van der Waals surface area (Å²) in [7, 11) is 1.64. The summed E-state index contributed by atoms with van der Waals surface area (Å²) < 4.78 is 38.4. The fourth-order valence-corrected chi connectivity index (χ4v) is 1.89. The van der Waals surface area contributed by atoms with E-state index in [-0.39, 0.29) is 18.7 Å². The minimum Gasteiger partial charge on any atom is -0.395 e. The summed E-state index contributed by atoms with van der Waals surface area (Å²) in [4.78, 5) is 5.22. The van der Waals surface area contributed by atoms with Gasteiger partial charge in [-0.2, -0.15) is 13.2 Å². The molecule has 1 heterocycles. The number of pyridine rings is 1. The highest BCUT2D eigenvalue weighted by molar-refractivity contribution is 5.91. The molecule has 0 fully saturated rings. The molecule has 3 nitrogen and oxygen atoms in total. The molecule has 0 bridgehead atoms. The quantitative estimate of drug-likeness (QED) is 0.931. The molecule has 6 heteroatoms. The first-order valence-corrected chi connectivity index (χ1v) is 5.72. The zero-order chi connectivity index (χ0) is 14.0. The monoisotopic (exact) mass is 270 g/mol. The Labute approximate surface area is 108 Å². The van der Waals surface area contributed by atoms with Gasteiger partial charge in [0.25, 0.3) is 0 Å². The largest absolute Gasteiger partial charge is 0.433 e. The number of anilines is 1. The Kier molecular flexibility index (Phi) is 3.61. The molecular weight excluding hydrogens is 257 g/mol. The van der Waals surface area contributed by atoms with Crippen molar-refractivity contribution in [2.75, 3.05) is 25.1 Å². The van der Waals surface area contributed by atoms with Crippen molar-refractivity contribution in [3.8, 4) is 0 Å². The molecule has 0 saturated carbocycles. The average molecular weight is 270 g/mol. The fraction of sp³-hybridized carbons (Fsp3) is 0.308. The first kappa shape index (κ1) is 13.6. The summed E-state index contributed by atoms with van der Waals surface area (Å²) in [6, 6.07) is 7.66. The van der Waals surface area contributed by atoms with Gasteiger partial charge in [-0.1, -0.05) is 18.2 Å². The predicted molar refractivity (Wildman–Crippen MR) is 67.1 cm³/mol. The molecule has 1 aromatic heterocycles. The van der Waals surface area contributed by atoms with E-state index in [2.05, 4.69) is 4.98 Å². The molecule has 102 valence electrons. The van der Waals surface area contributed by atoms with Crippen molar-refractivity contribution >= 4 is 16.6 Å². The topological polar surface area (TPSA) is 36.4 Å². The molecule has 0 atom stereocenters. The second kappa shape index (κ2) is 5.05. The van der Waals surface area contributed by atoms with Crippen LogP contribution in [0, 0.1) is 0 Å². The van der Waals surface area contributed by atoms with Crippen LogP contribution in [0.1, 0.15) is 5.69 Å². The lowest BCUT2D eigenvalue weighted by Gasteiger charge is -2.21. The maximum absolute atomic E-state index is 12.8. The van der Waals surface area contributed by atoms with Crippen LogP contribution in [0.5, 0.6) is 0 Å². The molecular formula is C13H13F3N2O. The highest BCUT2D eigenvalue weighted by Crippen LogP contribution is 2.34. The number of alkyl halides is 3. The smallest absolute Gasteiger partial charge is 0.395 e. The van der Waals surface area contributed by atoms with Gasteiger partial charge in [-0.25, -0.2) is 4.98 Å². The molecule has 19 heavy (non-hydrogen) atoms. The third-order valence-electron chi connectivity index (χ3n) is 2.83. The van der Waals surface area contributed by atoms with Crippen LogP contribution >= 0.6 is 0 Å². The van der Waals surface area contributed by atoms with Gasteiger partial charge < -0.3 is 10.0 Å². The first-order chi connectivity index (χ1) is 8.93. The number of benzene rings is 1. The van der Waals surface area contributed by atoms with Gasteiger partial charge in [0, 0.05) is 24.7 Å². The Balaban J connectivity index is 2.65. The Bertz CT molecular complexity index is 584. The molecule has 2 aromatic rings. The van der Waals surface area contributed by atoms with E-state index in [0.717, 1.165) is 6.07 Å². The zero-order valence-electron chi connectivity index (χ0n) is 10.3. The van der Waals surface area contributed by atoms with Crippen LogP contribution in [0.25, 0.3) is 10.9 Å². The third-order valence-corrected chi connectivity index (χ3v) is 2.83. The second-order valence-electron chi connectivity index (χ2n) is 4.19. The Hall–Kier alpha value is -1.82. The molecule has 0 saturated heterocycles. The van der Waals surface area contributed by atoms with Gasteiger partial charge in [-0.05, 0) is 12.1 Å². The maximum atomic E-state index is 12.8. The Morgan fingerprint density at radius 2 is 1.95 bits per heavy atom. The highest BCUT2D eigenvalue weighted by atomic mass is 19.4. The van der Waals surface area contributed by atoms with E-state index in [1.807, 2.05) is 0 Å². The number of rotatable bonds is 3. The Morgan fingerprint density at radius 3 is 2.58 bits per heavy atom. The number of para-hydroxylation sites is 1. The standard InChI is InChI=1S/C13H13F3N2O/c1-18(6-7-19)11-8-12(13(14,15)16)17-10-5-3-2-4-9(10)11/h2-5,8,19H,6-7H2,1H3. The van der Waals surface area contributed by atoms with Crippen LogP contribution in [0.4, 0.5) is 18.9 Å². The van der Waals surface area contributed by atoms with E-state index in [1.54, 1.807) is 36.2 Å². The van der Waals surface area contributed by atoms with Gasteiger partial charge in [0.1, 0.15) is 5.69 Å². The van der Waals surface area contributed by atoms with Gasteiger partial charge in [-0.3, -0.25) is 0 Å². The van der Waals surface area contributed by atoms with Gasteiger partial charge in [0.2, 0.25) is 0 Å². The van der Waals surface area contributed by atoms with Crippen molar-refractivity contribution in [3.63, 3.8) is 0 Å². The SMILES string of the molecule is CN(CCO)c1cc(C(F)(F)F)nc2ccccc12. The molecule has 0 aliphatic heterocycles. The first-order valence-electron chi connectivity index (χ1n) is 5.72. The number of fused-ring (bicyclic) bond motifs is 1. The molecule has 0 amide bonds. The van der Waals surface area contributed by atoms with Crippen molar-refractivity contribution < 1.29 is 18.3 Å². The molecule has 2 rings (SSSR count). The number of aliphatic hydroxyl groups is 1. The number of nitrogens with zero attached hydrogens (tertiary/aromatic N) is 2.